The van der Waals surface area contributed by atoms with Crippen LogP contribution in [-0.2, 0) is 4.79 Å². The van der Waals surface area contributed by atoms with Gasteiger partial charge in [0.25, 0.3) is 0 Å². The van der Waals surface area contributed by atoms with Crippen molar-refractivity contribution in [2.75, 3.05) is 0 Å². The molecule has 0 radical (unpaired) electrons. The Labute approximate surface area is 133 Å². The molecule has 0 spiro atoms. The van der Waals surface area contributed by atoms with E-state index in [-0.39, 0.29) is 5.92 Å². The highest BCUT2D eigenvalue weighted by Crippen LogP contribution is 2.32. The van der Waals surface area contributed by atoms with E-state index in [2.05, 4.69) is 48.5 Å². The molecule has 1 aliphatic carbocycles. The molecule has 1 nitrogen and oxygen atoms in total. The van der Waals surface area contributed by atoms with E-state index >= 15 is 0 Å². The highest BCUT2D eigenvalue weighted by atomic mass is 16.1. The van der Waals surface area contributed by atoms with Gasteiger partial charge in [-0.15, -0.1) is 0 Å². The molecule has 1 saturated carbocycles. The number of carbonyl (C=O) groups is 1. The van der Waals surface area contributed by atoms with Gasteiger partial charge in [0.2, 0.25) is 0 Å². The van der Waals surface area contributed by atoms with Crippen LogP contribution in [0, 0.1) is 5.92 Å². The van der Waals surface area contributed by atoms with Gasteiger partial charge in [0.1, 0.15) is 5.78 Å². The Hall–Kier alpha value is -1.89. The molecule has 3 rings (SSSR count). The third kappa shape index (κ3) is 3.65. The Morgan fingerprint density at radius 3 is 1.82 bits per heavy atom. The van der Waals surface area contributed by atoms with Gasteiger partial charge in [-0.1, -0.05) is 79.9 Å². The summed E-state index contributed by atoms with van der Waals surface area (Å²) < 4.78 is 0. The van der Waals surface area contributed by atoms with Crippen molar-refractivity contribution in [2.24, 2.45) is 5.92 Å². The van der Waals surface area contributed by atoms with Crippen LogP contribution in [0.2, 0.25) is 0 Å². The van der Waals surface area contributed by atoms with Crippen LogP contribution < -0.4 is 0 Å². The molecule has 2 aromatic rings. The standard InChI is InChI=1S/C21H24O/c22-21(19-14-8-3-9-15-19)16-20(17-10-4-1-5-11-17)18-12-6-2-7-13-18/h1-2,4-7,10-13,19-20H,3,8-9,14-16H2. The van der Waals surface area contributed by atoms with Gasteiger partial charge >= 0.3 is 0 Å². The first kappa shape index (κ1) is 15.0. The summed E-state index contributed by atoms with van der Waals surface area (Å²) in [5.41, 5.74) is 2.50. The zero-order chi connectivity index (χ0) is 15.2. The van der Waals surface area contributed by atoms with Crippen LogP contribution in [0.1, 0.15) is 55.6 Å². The molecular formula is C21H24O. The van der Waals surface area contributed by atoms with Crippen LogP contribution in [0.3, 0.4) is 0 Å². The number of ketones is 1. The Balaban J connectivity index is 1.81. The Morgan fingerprint density at radius 2 is 1.32 bits per heavy atom. The van der Waals surface area contributed by atoms with Gasteiger partial charge in [0, 0.05) is 18.3 Å². The fraction of sp³-hybridized carbons (Fsp3) is 0.381. The SMILES string of the molecule is O=C(CC(c1ccccc1)c1ccccc1)C1CCCCC1. The average Bonchev–Trinajstić information content (AvgIpc) is 2.62. The van der Waals surface area contributed by atoms with Crippen LogP contribution in [0.4, 0.5) is 0 Å². The normalized spacial score (nSPS) is 15.9. The van der Waals surface area contributed by atoms with E-state index in [0.717, 1.165) is 12.8 Å². The monoisotopic (exact) mass is 292 g/mol. The van der Waals surface area contributed by atoms with Gasteiger partial charge in [-0.2, -0.15) is 0 Å². The zero-order valence-electron chi connectivity index (χ0n) is 13.1. The van der Waals surface area contributed by atoms with Gasteiger partial charge in [-0.05, 0) is 24.0 Å². The van der Waals surface area contributed by atoms with Crippen LogP contribution >= 0.6 is 0 Å². The zero-order valence-corrected chi connectivity index (χ0v) is 13.1. The molecule has 2 aromatic carbocycles. The minimum Gasteiger partial charge on any atom is -0.299 e. The van der Waals surface area contributed by atoms with Crippen molar-refractivity contribution >= 4 is 5.78 Å². The van der Waals surface area contributed by atoms with Crippen molar-refractivity contribution in [3.8, 4) is 0 Å². The fourth-order valence-corrected chi connectivity index (χ4v) is 3.59. The van der Waals surface area contributed by atoms with Gasteiger partial charge in [0.05, 0.1) is 0 Å². The van der Waals surface area contributed by atoms with Gasteiger partial charge in [-0.25, -0.2) is 0 Å². The molecule has 114 valence electrons. The van der Waals surface area contributed by atoms with Crippen molar-refractivity contribution in [3.63, 3.8) is 0 Å². The summed E-state index contributed by atoms with van der Waals surface area (Å²) in [5.74, 6) is 0.943. The van der Waals surface area contributed by atoms with Crippen LogP contribution in [0.15, 0.2) is 60.7 Å². The molecule has 0 atom stereocenters. The molecule has 0 amide bonds. The summed E-state index contributed by atoms with van der Waals surface area (Å²) in [6, 6.07) is 20.9. The molecule has 1 heteroatoms. The van der Waals surface area contributed by atoms with Crippen molar-refractivity contribution in [1.82, 2.24) is 0 Å². The number of rotatable bonds is 5. The molecular weight excluding hydrogens is 268 g/mol. The molecule has 1 aliphatic rings. The molecule has 0 unspecified atom stereocenters. The largest absolute Gasteiger partial charge is 0.299 e. The lowest BCUT2D eigenvalue weighted by Crippen LogP contribution is -2.20. The van der Waals surface area contributed by atoms with Gasteiger partial charge in [-0.3, -0.25) is 4.79 Å². The third-order valence-electron chi connectivity index (χ3n) is 4.87. The fourth-order valence-electron chi connectivity index (χ4n) is 3.59. The van der Waals surface area contributed by atoms with Crippen LogP contribution in [-0.4, -0.2) is 5.78 Å². The van der Waals surface area contributed by atoms with E-state index in [0.29, 0.717) is 18.1 Å². The molecule has 0 heterocycles. The lowest BCUT2D eigenvalue weighted by atomic mass is 9.80. The summed E-state index contributed by atoms with van der Waals surface area (Å²) in [6.45, 7) is 0. The van der Waals surface area contributed by atoms with Crippen molar-refractivity contribution < 1.29 is 4.79 Å². The van der Waals surface area contributed by atoms with Crippen molar-refractivity contribution in [3.05, 3.63) is 71.8 Å². The van der Waals surface area contributed by atoms with Crippen molar-refractivity contribution in [1.29, 1.82) is 0 Å². The molecule has 0 bridgehead atoms. The highest BCUT2D eigenvalue weighted by molar-refractivity contribution is 5.82. The van der Waals surface area contributed by atoms with E-state index in [1.807, 2.05) is 12.1 Å². The summed E-state index contributed by atoms with van der Waals surface area (Å²) in [7, 11) is 0. The van der Waals surface area contributed by atoms with Crippen molar-refractivity contribution in [2.45, 2.75) is 44.4 Å². The second-order valence-corrected chi connectivity index (χ2v) is 6.38. The Kier molecular flexibility index (Phi) is 5.05. The number of Topliss-reactive ketones (excluding diaryl/α,β-unsaturated/α-hetero) is 1. The quantitative estimate of drug-likeness (QED) is 0.725. The first-order chi connectivity index (χ1) is 10.8. The summed E-state index contributed by atoms with van der Waals surface area (Å²) in [6.07, 6.45) is 6.56. The van der Waals surface area contributed by atoms with Gasteiger partial charge in [0.15, 0.2) is 0 Å². The Bertz CT molecular complexity index is 542. The second kappa shape index (κ2) is 7.40. The van der Waals surface area contributed by atoms with Gasteiger partial charge < -0.3 is 0 Å². The maximum absolute atomic E-state index is 12.8. The third-order valence-corrected chi connectivity index (χ3v) is 4.87. The number of hydrogen-bond donors (Lipinski definition) is 0. The summed E-state index contributed by atoms with van der Waals surface area (Å²) in [4.78, 5) is 12.8. The minimum atomic E-state index is 0.192. The maximum Gasteiger partial charge on any atom is 0.136 e. The first-order valence-corrected chi connectivity index (χ1v) is 8.47. The predicted octanol–water partition coefficient (Wildman–Crippen LogP) is 5.36. The van der Waals surface area contributed by atoms with E-state index in [1.54, 1.807) is 0 Å². The van der Waals surface area contributed by atoms with E-state index in [4.69, 9.17) is 0 Å². The van der Waals surface area contributed by atoms with E-state index < -0.39 is 0 Å². The lowest BCUT2D eigenvalue weighted by molar-refractivity contribution is -0.124. The smallest absolute Gasteiger partial charge is 0.136 e. The average molecular weight is 292 g/mol. The topological polar surface area (TPSA) is 17.1 Å². The maximum atomic E-state index is 12.8. The molecule has 0 saturated heterocycles. The molecule has 1 fully saturated rings. The molecule has 0 aromatic heterocycles. The second-order valence-electron chi connectivity index (χ2n) is 6.38. The molecule has 0 aliphatic heterocycles. The molecule has 22 heavy (non-hydrogen) atoms. The summed E-state index contributed by atoms with van der Waals surface area (Å²) >= 11 is 0. The lowest BCUT2D eigenvalue weighted by Gasteiger charge is -2.24. The summed E-state index contributed by atoms with van der Waals surface area (Å²) in [5, 5.41) is 0. The number of benzene rings is 2. The molecule has 0 N–H and O–H groups in total. The Morgan fingerprint density at radius 1 is 0.818 bits per heavy atom. The highest BCUT2D eigenvalue weighted by Gasteiger charge is 2.25. The number of carbonyl (C=O) groups excluding carboxylic acids is 1. The minimum absolute atomic E-state index is 0.192. The van der Waals surface area contributed by atoms with E-state index in [9.17, 15) is 4.79 Å². The first-order valence-electron chi connectivity index (χ1n) is 8.47. The van der Waals surface area contributed by atoms with E-state index in [1.165, 1.54) is 30.4 Å². The van der Waals surface area contributed by atoms with Crippen LogP contribution in [0.5, 0.6) is 0 Å². The number of hydrogen-bond acceptors (Lipinski definition) is 1. The predicted molar refractivity (Wildman–Crippen MR) is 90.9 cm³/mol. The van der Waals surface area contributed by atoms with Crippen LogP contribution in [0.25, 0.3) is 0 Å².